The van der Waals surface area contributed by atoms with Crippen molar-refractivity contribution in [3.05, 3.63) is 71.0 Å². The van der Waals surface area contributed by atoms with Gasteiger partial charge in [0.25, 0.3) is 0 Å². The van der Waals surface area contributed by atoms with Gasteiger partial charge in [-0.2, -0.15) is 5.10 Å². The topological polar surface area (TPSA) is 62.6 Å². The minimum absolute atomic E-state index is 0.0930. The van der Waals surface area contributed by atoms with Crippen LogP contribution in [0.15, 0.2) is 54.7 Å². The van der Waals surface area contributed by atoms with Gasteiger partial charge in [-0.25, -0.2) is 4.68 Å². The SMILES string of the molecule is O=C(Cc1cc(Cl)c2c(c1)OCCO2)OCc1ccn(-c2ccccc2)n1. The molecule has 0 spiro atoms. The number of carbonyl (C=O) groups excluding carboxylic acids is 1. The molecule has 4 rings (SSSR count). The van der Waals surface area contributed by atoms with Crippen molar-refractivity contribution in [2.24, 2.45) is 0 Å². The molecule has 0 unspecified atom stereocenters. The Hall–Kier alpha value is -2.99. The first-order valence-electron chi connectivity index (χ1n) is 8.52. The first-order valence-corrected chi connectivity index (χ1v) is 8.90. The fourth-order valence-electron chi connectivity index (χ4n) is 2.80. The summed E-state index contributed by atoms with van der Waals surface area (Å²) in [6.45, 7) is 1.03. The van der Waals surface area contributed by atoms with Crippen molar-refractivity contribution in [3.8, 4) is 17.2 Å². The summed E-state index contributed by atoms with van der Waals surface area (Å²) in [5.41, 5.74) is 2.33. The Morgan fingerprint density at radius 3 is 2.81 bits per heavy atom. The Morgan fingerprint density at radius 2 is 1.96 bits per heavy atom. The smallest absolute Gasteiger partial charge is 0.310 e. The summed E-state index contributed by atoms with van der Waals surface area (Å²) < 4.78 is 18.1. The van der Waals surface area contributed by atoms with E-state index in [1.807, 2.05) is 42.6 Å². The van der Waals surface area contributed by atoms with E-state index < -0.39 is 0 Å². The highest BCUT2D eigenvalue weighted by Gasteiger charge is 2.18. The van der Waals surface area contributed by atoms with Crippen LogP contribution in [0.25, 0.3) is 5.69 Å². The van der Waals surface area contributed by atoms with E-state index in [1.165, 1.54) is 0 Å². The molecule has 0 saturated heterocycles. The van der Waals surface area contributed by atoms with Crippen LogP contribution < -0.4 is 9.47 Å². The third-order valence-electron chi connectivity index (χ3n) is 4.05. The fraction of sp³-hybridized carbons (Fsp3) is 0.200. The summed E-state index contributed by atoms with van der Waals surface area (Å²) in [4.78, 5) is 12.2. The number of ether oxygens (including phenoxy) is 3. The molecule has 0 amide bonds. The van der Waals surface area contributed by atoms with Crippen LogP contribution in [0.4, 0.5) is 0 Å². The molecule has 1 aliphatic rings. The number of para-hydroxylation sites is 1. The van der Waals surface area contributed by atoms with E-state index in [9.17, 15) is 4.79 Å². The zero-order chi connectivity index (χ0) is 18.6. The second-order valence-corrected chi connectivity index (χ2v) is 6.43. The standard InChI is InChI=1S/C20H17ClN2O4/c21-17-10-14(11-18-20(17)26-9-8-25-18)12-19(24)27-13-15-6-7-23(22-15)16-4-2-1-3-5-16/h1-7,10-11H,8-9,12-13H2. The molecule has 6 nitrogen and oxygen atoms in total. The Kier molecular flexibility index (Phi) is 4.98. The number of carbonyl (C=O) groups is 1. The molecule has 0 bridgehead atoms. The summed E-state index contributed by atoms with van der Waals surface area (Å²) in [5.74, 6) is 0.710. The number of benzene rings is 2. The van der Waals surface area contributed by atoms with Gasteiger partial charge in [-0.3, -0.25) is 4.79 Å². The average Bonchev–Trinajstić information content (AvgIpc) is 3.16. The van der Waals surface area contributed by atoms with Crippen molar-refractivity contribution in [2.45, 2.75) is 13.0 Å². The normalized spacial score (nSPS) is 12.6. The number of rotatable bonds is 5. The molecule has 1 aromatic heterocycles. The predicted molar refractivity (Wildman–Crippen MR) is 99.5 cm³/mol. The maximum absolute atomic E-state index is 12.2. The van der Waals surface area contributed by atoms with Gasteiger partial charge in [-0.15, -0.1) is 0 Å². The number of nitrogens with zero attached hydrogens (tertiary/aromatic N) is 2. The van der Waals surface area contributed by atoms with Gasteiger partial charge in [0.15, 0.2) is 11.5 Å². The summed E-state index contributed by atoms with van der Waals surface area (Å²) in [6, 6.07) is 15.0. The second-order valence-electron chi connectivity index (χ2n) is 6.03. The highest BCUT2D eigenvalue weighted by atomic mass is 35.5. The Balaban J connectivity index is 1.36. The fourth-order valence-corrected chi connectivity index (χ4v) is 3.09. The summed E-state index contributed by atoms with van der Waals surface area (Å²) in [5, 5.41) is 4.84. The lowest BCUT2D eigenvalue weighted by Crippen LogP contribution is -2.16. The molecular formula is C20H17ClN2O4. The molecule has 0 atom stereocenters. The van der Waals surface area contributed by atoms with Crippen LogP contribution in [-0.4, -0.2) is 29.0 Å². The monoisotopic (exact) mass is 384 g/mol. The van der Waals surface area contributed by atoms with Gasteiger partial charge in [0.05, 0.1) is 17.1 Å². The molecule has 0 fully saturated rings. The molecule has 2 heterocycles. The van der Waals surface area contributed by atoms with Gasteiger partial charge in [0.2, 0.25) is 0 Å². The molecule has 0 aliphatic carbocycles. The van der Waals surface area contributed by atoms with Crippen molar-refractivity contribution < 1.29 is 19.0 Å². The Labute approximate surface area is 161 Å². The van der Waals surface area contributed by atoms with Crippen LogP contribution in [0.2, 0.25) is 5.02 Å². The summed E-state index contributed by atoms with van der Waals surface area (Å²) >= 11 is 6.19. The van der Waals surface area contributed by atoms with Crippen LogP contribution in [0.1, 0.15) is 11.3 Å². The zero-order valence-electron chi connectivity index (χ0n) is 14.4. The van der Waals surface area contributed by atoms with Crippen molar-refractivity contribution in [3.63, 3.8) is 0 Å². The van der Waals surface area contributed by atoms with Crippen molar-refractivity contribution >= 4 is 17.6 Å². The van der Waals surface area contributed by atoms with E-state index in [2.05, 4.69) is 5.10 Å². The van der Waals surface area contributed by atoms with E-state index in [-0.39, 0.29) is 19.0 Å². The molecule has 7 heteroatoms. The van der Waals surface area contributed by atoms with Gasteiger partial charge >= 0.3 is 5.97 Å². The predicted octanol–water partition coefficient (Wildman–Crippen LogP) is 3.58. The number of aromatic nitrogens is 2. The van der Waals surface area contributed by atoms with Crippen LogP contribution in [0, 0.1) is 0 Å². The summed E-state index contributed by atoms with van der Waals surface area (Å²) in [6.07, 6.45) is 1.93. The quantitative estimate of drug-likeness (QED) is 0.629. The Bertz CT molecular complexity index is 956. The number of esters is 1. The van der Waals surface area contributed by atoms with E-state index >= 15 is 0 Å². The molecule has 0 radical (unpaired) electrons. The van der Waals surface area contributed by atoms with Crippen LogP contribution >= 0.6 is 11.6 Å². The van der Waals surface area contributed by atoms with Gasteiger partial charge in [-0.05, 0) is 35.9 Å². The van der Waals surface area contributed by atoms with Gasteiger partial charge in [0.1, 0.15) is 25.5 Å². The number of fused-ring (bicyclic) bond motifs is 1. The second kappa shape index (κ2) is 7.72. The number of hydrogen-bond donors (Lipinski definition) is 0. The highest BCUT2D eigenvalue weighted by Crippen LogP contribution is 2.38. The number of hydrogen-bond acceptors (Lipinski definition) is 5. The third kappa shape index (κ3) is 4.06. The number of halogens is 1. The zero-order valence-corrected chi connectivity index (χ0v) is 15.2. The first kappa shape index (κ1) is 17.4. The molecule has 138 valence electrons. The lowest BCUT2D eigenvalue weighted by Gasteiger charge is -2.20. The summed E-state index contributed by atoms with van der Waals surface area (Å²) in [7, 11) is 0. The first-order chi connectivity index (χ1) is 13.2. The van der Waals surface area contributed by atoms with Crippen molar-refractivity contribution in [2.75, 3.05) is 13.2 Å². The molecule has 1 aliphatic heterocycles. The van der Waals surface area contributed by atoms with E-state index in [0.29, 0.717) is 41.0 Å². The molecule has 2 aromatic carbocycles. The molecule has 27 heavy (non-hydrogen) atoms. The van der Waals surface area contributed by atoms with E-state index in [1.54, 1.807) is 16.8 Å². The maximum atomic E-state index is 12.2. The molecule has 0 saturated carbocycles. The van der Waals surface area contributed by atoms with Crippen LogP contribution in [0.3, 0.4) is 0 Å². The van der Waals surface area contributed by atoms with Crippen LogP contribution in [0.5, 0.6) is 11.5 Å². The molecule has 0 N–H and O–H groups in total. The van der Waals surface area contributed by atoms with Crippen molar-refractivity contribution in [1.82, 2.24) is 9.78 Å². The van der Waals surface area contributed by atoms with E-state index in [4.69, 9.17) is 25.8 Å². The molecule has 3 aromatic rings. The largest absolute Gasteiger partial charge is 0.486 e. The lowest BCUT2D eigenvalue weighted by molar-refractivity contribution is -0.144. The van der Waals surface area contributed by atoms with Crippen LogP contribution in [-0.2, 0) is 22.6 Å². The van der Waals surface area contributed by atoms with Gasteiger partial charge in [-0.1, -0.05) is 29.8 Å². The van der Waals surface area contributed by atoms with E-state index in [0.717, 1.165) is 5.69 Å². The lowest BCUT2D eigenvalue weighted by atomic mass is 10.1. The minimum atomic E-state index is -0.364. The highest BCUT2D eigenvalue weighted by molar-refractivity contribution is 6.32. The molecular weight excluding hydrogens is 368 g/mol. The van der Waals surface area contributed by atoms with Gasteiger partial charge < -0.3 is 14.2 Å². The van der Waals surface area contributed by atoms with Gasteiger partial charge in [0, 0.05) is 6.20 Å². The maximum Gasteiger partial charge on any atom is 0.310 e. The Morgan fingerprint density at radius 1 is 1.15 bits per heavy atom. The minimum Gasteiger partial charge on any atom is -0.486 e. The van der Waals surface area contributed by atoms with Crippen molar-refractivity contribution in [1.29, 1.82) is 0 Å². The third-order valence-corrected chi connectivity index (χ3v) is 4.33. The average molecular weight is 385 g/mol.